The molecule has 1 N–H and O–H groups in total. The van der Waals surface area contributed by atoms with Crippen molar-refractivity contribution in [3.05, 3.63) is 65.5 Å². The van der Waals surface area contributed by atoms with Crippen LogP contribution in [0.25, 0.3) is 0 Å². The summed E-state index contributed by atoms with van der Waals surface area (Å²) in [6.07, 6.45) is -0.146. The molecule has 0 radical (unpaired) electrons. The Hall–Kier alpha value is -2.25. The largest absolute Gasteiger partial charge is 0.481 e. The van der Waals surface area contributed by atoms with Gasteiger partial charge in [0.2, 0.25) is 10.0 Å². The number of hydrogen-bond acceptors (Lipinski definition) is 3. The van der Waals surface area contributed by atoms with Crippen molar-refractivity contribution in [1.82, 2.24) is 4.31 Å². The molecule has 0 amide bonds. The zero-order valence-electron chi connectivity index (χ0n) is 12.7. The van der Waals surface area contributed by atoms with Gasteiger partial charge in [0.25, 0.3) is 0 Å². The first-order valence-corrected chi connectivity index (χ1v) is 8.87. The third-order valence-electron chi connectivity index (χ3n) is 4.09. The van der Waals surface area contributed by atoms with Crippen molar-refractivity contribution >= 4 is 16.0 Å². The molecule has 1 aliphatic heterocycles. The Labute approximate surface area is 139 Å². The lowest BCUT2D eigenvalue weighted by Crippen LogP contribution is -2.39. The first-order chi connectivity index (χ1) is 11.4. The van der Waals surface area contributed by atoms with Crippen molar-refractivity contribution in [3.8, 4) is 0 Å². The Morgan fingerprint density at radius 3 is 2.50 bits per heavy atom. The molecule has 126 valence electrons. The summed E-state index contributed by atoms with van der Waals surface area (Å²) in [5.41, 5.74) is 1.18. The van der Waals surface area contributed by atoms with Gasteiger partial charge in [0.05, 0.1) is 11.3 Å². The number of fused-ring (bicyclic) bond motifs is 1. The van der Waals surface area contributed by atoms with Crippen LogP contribution >= 0.6 is 0 Å². The van der Waals surface area contributed by atoms with Crippen molar-refractivity contribution in [2.45, 2.75) is 23.8 Å². The summed E-state index contributed by atoms with van der Waals surface area (Å²) in [4.78, 5) is 11.3. The van der Waals surface area contributed by atoms with Gasteiger partial charge in [-0.2, -0.15) is 4.31 Å². The first kappa shape index (κ1) is 16.6. The van der Waals surface area contributed by atoms with E-state index in [1.54, 1.807) is 18.2 Å². The van der Waals surface area contributed by atoms with E-state index in [2.05, 4.69) is 0 Å². The molecule has 0 saturated carbocycles. The fourth-order valence-electron chi connectivity index (χ4n) is 2.96. The quantitative estimate of drug-likeness (QED) is 0.921. The molecule has 0 bridgehead atoms. The highest BCUT2D eigenvalue weighted by Gasteiger charge is 2.37. The predicted molar refractivity (Wildman–Crippen MR) is 85.4 cm³/mol. The Kier molecular flexibility index (Phi) is 4.38. The fourth-order valence-corrected chi connectivity index (χ4v) is 4.72. The number of aliphatic carboxylic acids is 1. The van der Waals surface area contributed by atoms with Gasteiger partial charge < -0.3 is 5.11 Å². The molecule has 1 unspecified atom stereocenters. The SMILES string of the molecule is O=C(O)CC1CN(Cc2ccc(F)cc2)S(=O)(=O)c2ccccc21. The van der Waals surface area contributed by atoms with E-state index >= 15 is 0 Å². The van der Waals surface area contributed by atoms with Gasteiger partial charge in [0, 0.05) is 19.0 Å². The van der Waals surface area contributed by atoms with E-state index in [0.717, 1.165) is 0 Å². The number of nitrogens with zero attached hydrogens (tertiary/aromatic N) is 1. The van der Waals surface area contributed by atoms with Crippen LogP contribution in [0.2, 0.25) is 0 Å². The highest BCUT2D eigenvalue weighted by atomic mass is 32.2. The lowest BCUT2D eigenvalue weighted by Gasteiger charge is -2.33. The summed E-state index contributed by atoms with van der Waals surface area (Å²) < 4.78 is 39.9. The molecule has 7 heteroatoms. The topological polar surface area (TPSA) is 74.7 Å². The number of benzene rings is 2. The van der Waals surface area contributed by atoms with Gasteiger partial charge in [-0.05, 0) is 29.3 Å². The second-order valence-corrected chi connectivity index (χ2v) is 7.66. The number of sulfonamides is 1. The standard InChI is InChI=1S/C17H16FNO4S/c18-14-7-5-12(6-8-14)10-19-11-13(9-17(20)21)15-3-1-2-4-16(15)24(19,22)23/h1-8,13H,9-11H2,(H,20,21). The molecule has 0 spiro atoms. The van der Waals surface area contributed by atoms with Crippen LogP contribution in [0.5, 0.6) is 0 Å². The minimum atomic E-state index is -3.71. The Balaban J connectivity index is 1.98. The van der Waals surface area contributed by atoms with E-state index in [9.17, 15) is 17.6 Å². The highest BCUT2D eigenvalue weighted by Crippen LogP contribution is 2.36. The molecule has 0 fully saturated rings. The van der Waals surface area contributed by atoms with E-state index in [4.69, 9.17) is 5.11 Å². The average molecular weight is 349 g/mol. The average Bonchev–Trinajstić information content (AvgIpc) is 2.54. The summed E-state index contributed by atoms with van der Waals surface area (Å²) in [7, 11) is -3.71. The predicted octanol–water partition coefficient (Wildman–Crippen LogP) is 2.59. The van der Waals surface area contributed by atoms with Crippen LogP contribution in [-0.2, 0) is 21.4 Å². The summed E-state index contributed by atoms with van der Waals surface area (Å²) >= 11 is 0. The molecule has 0 aliphatic carbocycles. The van der Waals surface area contributed by atoms with Gasteiger partial charge in [0.15, 0.2) is 0 Å². The van der Waals surface area contributed by atoms with Gasteiger partial charge in [-0.1, -0.05) is 30.3 Å². The minimum absolute atomic E-state index is 0.0765. The lowest BCUT2D eigenvalue weighted by molar-refractivity contribution is -0.137. The van der Waals surface area contributed by atoms with E-state index in [1.165, 1.54) is 34.6 Å². The van der Waals surface area contributed by atoms with Crippen LogP contribution in [0.3, 0.4) is 0 Å². The molecular formula is C17H16FNO4S. The Morgan fingerprint density at radius 2 is 1.83 bits per heavy atom. The number of halogens is 1. The summed E-state index contributed by atoms with van der Waals surface area (Å²) in [6.45, 7) is 0.163. The summed E-state index contributed by atoms with van der Waals surface area (Å²) in [5, 5.41) is 9.12. The zero-order chi connectivity index (χ0) is 17.3. The van der Waals surface area contributed by atoms with Crippen LogP contribution in [0, 0.1) is 5.82 Å². The maximum absolute atomic E-state index is 13.0. The normalized spacial score (nSPS) is 19.6. The highest BCUT2D eigenvalue weighted by molar-refractivity contribution is 7.89. The van der Waals surface area contributed by atoms with E-state index in [-0.39, 0.29) is 24.4 Å². The monoisotopic (exact) mass is 349 g/mol. The number of hydrogen-bond donors (Lipinski definition) is 1. The summed E-state index contributed by atoms with van der Waals surface area (Å²) in [5.74, 6) is -1.78. The van der Waals surface area contributed by atoms with Crippen molar-refractivity contribution < 1.29 is 22.7 Å². The van der Waals surface area contributed by atoms with E-state index < -0.39 is 27.7 Å². The number of carbonyl (C=O) groups is 1. The van der Waals surface area contributed by atoms with Gasteiger partial charge in [0.1, 0.15) is 5.82 Å². The number of rotatable bonds is 4. The van der Waals surface area contributed by atoms with E-state index in [0.29, 0.717) is 11.1 Å². The smallest absolute Gasteiger partial charge is 0.304 e. The van der Waals surface area contributed by atoms with Gasteiger partial charge >= 0.3 is 5.97 Å². The third kappa shape index (κ3) is 3.18. The molecule has 0 aromatic heterocycles. The van der Waals surface area contributed by atoms with Crippen LogP contribution in [-0.4, -0.2) is 30.3 Å². The second-order valence-electron chi connectivity index (χ2n) is 5.76. The van der Waals surface area contributed by atoms with Crippen LogP contribution in [0.15, 0.2) is 53.4 Å². The van der Waals surface area contributed by atoms with Crippen molar-refractivity contribution in [2.75, 3.05) is 6.54 Å². The first-order valence-electron chi connectivity index (χ1n) is 7.43. The molecule has 1 atom stereocenters. The molecule has 1 heterocycles. The molecule has 5 nitrogen and oxygen atoms in total. The van der Waals surface area contributed by atoms with Crippen LogP contribution < -0.4 is 0 Å². The number of carboxylic acid groups (broad SMARTS) is 1. The van der Waals surface area contributed by atoms with Gasteiger partial charge in [-0.25, -0.2) is 12.8 Å². The third-order valence-corrected chi connectivity index (χ3v) is 5.98. The molecule has 0 saturated heterocycles. The fraction of sp³-hybridized carbons (Fsp3) is 0.235. The minimum Gasteiger partial charge on any atom is -0.481 e. The summed E-state index contributed by atoms with van der Waals surface area (Å²) in [6, 6.07) is 12.1. The Morgan fingerprint density at radius 1 is 1.17 bits per heavy atom. The lowest BCUT2D eigenvalue weighted by atomic mass is 9.95. The van der Waals surface area contributed by atoms with E-state index in [1.807, 2.05) is 0 Å². The van der Waals surface area contributed by atoms with Crippen molar-refractivity contribution in [2.24, 2.45) is 0 Å². The molecule has 1 aliphatic rings. The molecule has 24 heavy (non-hydrogen) atoms. The second kappa shape index (κ2) is 6.33. The van der Waals surface area contributed by atoms with Crippen molar-refractivity contribution in [1.29, 1.82) is 0 Å². The van der Waals surface area contributed by atoms with Crippen LogP contribution in [0.4, 0.5) is 4.39 Å². The van der Waals surface area contributed by atoms with Gasteiger partial charge in [-0.3, -0.25) is 4.79 Å². The maximum atomic E-state index is 13.0. The molecule has 2 aromatic rings. The molecular weight excluding hydrogens is 333 g/mol. The van der Waals surface area contributed by atoms with Gasteiger partial charge in [-0.15, -0.1) is 0 Å². The Bertz CT molecular complexity index is 864. The number of carboxylic acids is 1. The molecule has 3 rings (SSSR count). The van der Waals surface area contributed by atoms with Crippen molar-refractivity contribution in [3.63, 3.8) is 0 Å². The maximum Gasteiger partial charge on any atom is 0.304 e. The zero-order valence-corrected chi connectivity index (χ0v) is 13.5. The van der Waals surface area contributed by atoms with Crippen LogP contribution in [0.1, 0.15) is 23.5 Å². The molecule has 2 aromatic carbocycles.